The van der Waals surface area contributed by atoms with Crippen molar-refractivity contribution in [3.05, 3.63) is 46.6 Å². The Morgan fingerprint density at radius 3 is 3.00 bits per heavy atom. The van der Waals surface area contributed by atoms with E-state index in [0.29, 0.717) is 0 Å². The average molecular weight is 281 g/mol. The van der Waals surface area contributed by atoms with Gasteiger partial charge in [0, 0.05) is 41.0 Å². The molecule has 0 fully saturated rings. The number of nitrogens with zero attached hydrogens (tertiary/aromatic N) is 2. The summed E-state index contributed by atoms with van der Waals surface area (Å²) in [6, 6.07) is 10.6. The smallest absolute Gasteiger partial charge is 0.123 e. The Hall–Kier alpha value is -1.78. The molecule has 0 saturated carbocycles. The molecule has 3 nitrogen and oxygen atoms in total. The lowest BCUT2D eigenvalue weighted by Crippen LogP contribution is -2.22. The van der Waals surface area contributed by atoms with Crippen LogP contribution in [0.4, 0.5) is 0 Å². The molecule has 1 N–H and O–H groups in total. The normalized spacial score (nSPS) is 14.4. The van der Waals surface area contributed by atoms with Gasteiger partial charge in [-0.25, -0.2) is 4.98 Å². The number of fused-ring (bicyclic) bond motifs is 2. The van der Waals surface area contributed by atoms with E-state index in [1.807, 2.05) is 6.92 Å². The van der Waals surface area contributed by atoms with Crippen LogP contribution in [0.5, 0.6) is 0 Å². The molecule has 0 unspecified atom stereocenters. The summed E-state index contributed by atoms with van der Waals surface area (Å²) in [4.78, 5) is 10.7. The summed E-state index contributed by atoms with van der Waals surface area (Å²) in [5.74, 6) is 0. The first-order chi connectivity index (χ1) is 9.79. The standard InChI is InChI=1S/C16H15N3S/c1-10-2-3-11-8-12(4-5-13(11)18-10)16-19-14-6-7-17-9-15(14)20-16/h2-5,8,17H,6-7,9H2,1H3. The molecule has 0 radical (unpaired) electrons. The first kappa shape index (κ1) is 12.0. The molecule has 2 aromatic heterocycles. The van der Waals surface area contributed by atoms with Gasteiger partial charge in [0.05, 0.1) is 11.2 Å². The van der Waals surface area contributed by atoms with Gasteiger partial charge in [0.25, 0.3) is 0 Å². The Morgan fingerprint density at radius 2 is 2.10 bits per heavy atom. The van der Waals surface area contributed by atoms with Crippen molar-refractivity contribution in [2.24, 2.45) is 0 Å². The van der Waals surface area contributed by atoms with Gasteiger partial charge in [-0.05, 0) is 31.2 Å². The van der Waals surface area contributed by atoms with Crippen LogP contribution in [0.25, 0.3) is 21.5 Å². The molecule has 0 atom stereocenters. The summed E-state index contributed by atoms with van der Waals surface area (Å²) in [5.41, 5.74) is 4.58. The predicted octanol–water partition coefficient (Wildman–Crippen LogP) is 3.31. The van der Waals surface area contributed by atoms with Gasteiger partial charge in [-0.1, -0.05) is 6.07 Å². The maximum Gasteiger partial charge on any atom is 0.123 e. The third-order valence-corrected chi connectivity index (χ3v) is 4.82. The Bertz CT molecular complexity index is 768. The van der Waals surface area contributed by atoms with Crippen LogP contribution in [0.15, 0.2) is 30.3 Å². The van der Waals surface area contributed by atoms with Gasteiger partial charge in [0.2, 0.25) is 0 Å². The van der Waals surface area contributed by atoms with Crippen molar-refractivity contribution in [1.29, 1.82) is 0 Å². The van der Waals surface area contributed by atoms with E-state index >= 15 is 0 Å². The second-order valence-corrected chi connectivity index (χ2v) is 6.26. The van der Waals surface area contributed by atoms with Crippen molar-refractivity contribution in [2.75, 3.05) is 6.54 Å². The summed E-state index contributed by atoms with van der Waals surface area (Å²) in [7, 11) is 0. The summed E-state index contributed by atoms with van der Waals surface area (Å²) in [6.07, 6.45) is 1.04. The molecule has 3 heterocycles. The number of hydrogen-bond acceptors (Lipinski definition) is 4. The number of hydrogen-bond donors (Lipinski definition) is 1. The fraction of sp³-hybridized carbons (Fsp3) is 0.250. The van der Waals surface area contributed by atoms with Gasteiger partial charge in [-0.15, -0.1) is 11.3 Å². The minimum absolute atomic E-state index is 0.960. The Kier molecular flexibility index (Phi) is 2.79. The van der Waals surface area contributed by atoms with Crippen LogP contribution in [0, 0.1) is 6.92 Å². The Morgan fingerprint density at radius 1 is 1.15 bits per heavy atom. The molecule has 1 aliphatic rings. The molecule has 1 aromatic carbocycles. The van der Waals surface area contributed by atoms with Crippen molar-refractivity contribution < 1.29 is 0 Å². The number of nitrogens with one attached hydrogen (secondary N) is 1. The van der Waals surface area contributed by atoms with E-state index in [-0.39, 0.29) is 0 Å². The van der Waals surface area contributed by atoms with Gasteiger partial charge < -0.3 is 5.32 Å². The van der Waals surface area contributed by atoms with Gasteiger partial charge >= 0.3 is 0 Å². The number of aryl methyl sites for hydroxylation is 1. The molecule has 0 saturated heterocycles. The van der Waals surface area contributed by atoms with Gasteiger partial charge in [-0.3, -0.25) is 4.98 Å². The minimum atomic E-state index is 0.960. The largest absolute Gasteiger partial charge is 0.311 e. The lowest BCUT2D eigenvalue weighted by atomic mass is 10.1. The highest BCUT2D eigenvalue weighted by Gasteiger charge is 2.15. The van der Waals surface area contributed by atoms with Crippen molar-refractivity contribution in [3.63, 3.8) is 0 Å². The minimum Gasteiger partial charge on any atom is -0.311 e. The number of pyridine rings is 1. The number of thiazole rings is 1. The highest BCUT2D eigenvalue weighted by Crippen LogP contribution is 2.31. The molecule has 0 aliphatic carbocycles. The molecular formula is C16H15N3S. The zero-order chi connectivity index (χ0) is 13.5. The summed E-state index contributed by atoms with van der Waals surface area (Å²) >= 11 is 1.81. The first-order valence-corrected chi connectivity index (χ1v) is 7.68. The predicted molar refractivity (Wildman–Crippen MR) is 83.0 cm³/mol. The highest BCUT2D eigenvalue weighted by molar-refractivity contribution is 7.15. The van der Waals surface area contributed by atoms with Crippen LogP contribution >= 0.6 is 11.3 Å². The van der Waals surface area contributed by atoms with E-state index in [0.717, 1.165) is 35.7 Å². The monoisotopic (exact) mass is 281 g/mol. The number of aromatic nitrogens is 2. The van der Waals surface area contributed by atoms with E-state index < -0.39 is 0 Å². The molecule has 20 heavy (non-hydrogen) atoms. The van der Waals surface area contributed by atoms with Crippen molar-refractivity contribution in [3.8, 4) is 10.6 Å². The zero-order valence-electron chi connectivity index (χ0n) is 11.3. The topological polar surface area (TPSA) is 37.8 Å². The molecule has 4 rings (SSSR count). The molecule has 1 aliphatic heterocycles. The van der Waals surface area contributed by atoms with Crippen molar-refractivity contribution in [1.82, 2.24) is 15.3 Å². The molecule has 0 amide bonds. The second kappa shape index (κ2) is 4.65. The summed E-state index contributed by atoms with van der Waals surface area (Å²) in [5, 5.41) is 5.71. The van der Waals surface area contributed by atoms with Crippen molar-refractivity contribution >= 4 is 22.2 Å². The van der Waals surface area contributed by atoms with E-state index in [9.17, 15) is 0 Å². The van der Waals surface area contributed by atoms with Crippen LogP contribution < -0.4 is 5.32 Å². The highest BCUT2D eigenvalue weighted by atomic mass is 32.1. The summed E-state index contributed by atoms with van der Waals surface area (Å²) < 4.78 is 0. The number of rotatable bonds is 1. The van der Waals surface area contributed by atoms with Crippen LogP contribution in [0.2, 0.25) is 0 Å². The Balaban J connectivity index is 1.81. The van der Waals surface area contributed by atoms with Gasteiger partial charge in [0.1, 0.15) is 5.01 Å². The van der Waals surface area contributed by atoms with Gasteiger partial charge in [0.15, 0.2) is 0 Å². The molecule has 3 aromatic rings. The Labute approximate surface area is 121 Å². The number of benzene rings is 1. The van der Waals surface area contributed by atoms with E-state index in [1.165, 1.54) is 21.5 Å². The van der Waals surface area contributed by atoms with Crippen LogP contribution in [0.1, 0.15) is 16.3 Å². The van der Waals surface area contributed by atoms with E-state index in [4.69, 9.17) is 4.98 Å². The lowest BCUT2D eigenvalue weighted by molar-refractivity contribution is 0.644. The van der Waals surface area contributed by atoms with E-state index in [1.54, 1.807) is 11.3 Å². The van der Waals surface area contributed by atoms with Crippen LogP contribution in [-0.2, 0) is 13.0 Å². The van der Waals surface area contributed by atoms with Gasteiger partial charge in [-0.2, -0.15) is 0 Å². The molecular weight excluding hydrogens is 266 g/mol. The lowest BCUT2D eigenvalue weighted by Gasteiger charge is -2.09. The molecule has 0 spiro atoms. The quantitative estimate of drug-likeness (QED) is 0.743. The molecule has 0 bridgehead atoms. The maximum atomic E-state index is 4.80. The SMILES string of the molecule is Cc1ccc2cc(-c3nc4c(s3)CNCC4)ccc2n1. The third-order valence-electron chi connectivity index (χ3n) is 3.68. The fourth-order valence-electron chi connectivity index (χ4n) is 2.61. The molecule has 100 valence electrons. The zero-order valence-corrected chi connectivity index (χ0v) is 12.1. The van der Waals surface area contributed by atoms with Crippen LogP contribution in [0.3, 0.4) is 0 Å². The fourth-order valence-corrected chi connectivity index (χ4v) is 3.68. The molecule has 4 heteroatoms. The average Bonchev–Trinajstić information content (AvgIpc) is 2.90. The van der Waals surface area contributed by atoms with Crippen LogP contribution in [-0.4, -0.2) is 16.5 Å². The maximum absolute atomic E-state index is 4.80. The first-order valence-electron chi connectivity index (χ1n) is 6.87. The van der Waals surface area contributed by atoms with Crippen molar-refractivity contribution in [2.45, 2.75) is 19.9 Å². The third kappa shape index (κ3) is 2.01. The van der Waals surface area contributed by atoms with E-state index in [2.05, 4.69) is 40.6 Å². The summed E-state index contributed by atoms with van der Waals surface area (Å²) in [6.45, 7) is 4.02. The second-order valence-electron chi connectivity index (χ2n) is 5.18.